The molecule has 6 nitrogen and oxygen atoms in total. The van der Waals surface area contributed by atoms with Crippen LogP contribution in [0.4, 0.5) is 16.3 Å². The standard InChI is InChI=1S/C30H37N5O/c1-19(2)35-24-7-5-8-25(35)18-23(17-24)32-30(36)31-22-12-14-27-21(16-22)11-15-29(33-27)34-28-13-10-20-6-3-4-9-26(20)28/h3-4,6,9,11-12,14-16,19,23-25,28H,5,7-8,10,13,17-18H2,1-2H3,(H,33,34)(H2,31,32,36)/t23?,24?,25?,28-/m1/s1. The van der Waals surface area contributed by atoms with Crippen LogP contribution >= 0.6 is 0 Å². The van der Waals surface area contributed by atoms with Gasteiger partial charge in [-0.2, -0.15) is 0 Å². The summed E-state index contributed by atoms with van der Waals surface area (Å²) in [5.41, 5.74) is 4.53. The quantitative estimate of drug-likeness (QED) is 0.401. The zero-order valence-electron chi connectivity index (χ0n) is 21.3. The van der Waals surface area contributed by atoms with Crippen LogP contribution in [-0.4, -0.2) is 40.1 Å². The number of hydrogen-bond donors (Lipinski definition) is 3. The summed E-state index contributed by atoms with van der Waals surface area (Å²) in [6.45, 7) is 4.60. The molecule has 0 spiro atoms. The first-order valence-electron chi connectivity index (χ1n) is 13.6. The normalized spacial score (nSPS) is 25.5. The summed E-state index contributed by atoms with van der Waals surface area (Å²) >= 11 is 0. The number of nitrogens with one attached hydrogen (secondary N) is 3. The van der Waals surface area contributed by atoms with E-state index in [0.29, 0.717) is 24.2 Å². The number of benzene rings is 2. The molecule has 2 fully saturated rings. The minimum atomic E-state index is -0.110. The van der Waals surface area contributed by atoms with E-state index in [-0.39, 0.29) is 12.1 Å². The van der Waals surface area contributed by atoms with Crippen molar-refractivity contribution in [1.29, 1.82) is 0 Å². The molecule has 0 saturated carbocycles. The van der Waals surface area contributed by atoms with Crippen molar-refractivity contribution in [1.82, 2.24) is 15.2 Å². The van der Waals surface area contributed by atoms with Gasteiger partial charge in [-0.1, -0.05) is 30.7 Å². The number of carbonyl (C=O) groups excluding carboxylic acids is 1. The maximum absolute atomic E-state index is 12.8. The van der Waals surface area contributed by atoms with Crippen molar-refractivity contribution in [2.45, 2.75) is 89.0 Å². The van der Waals surface area contributed by atoms with E-state index in [0.717, 1.165) is 48.1 Å². The van der Waals surface area contributed by atoms with Gasteiger partial charge in [0.25, 0.3) is 0 Å². The predicted molar refractivity (Wildman–Crippen MR) is 146 cm³/mol. The second-order valence-corrected chi connectivity index (χ2v) is 11.1. The molecule has 1 aliphatic carbocycles. The second-order valence-electron chi connectivity index (χ2n) is 11.1. The summed E-state index contributed by atoms with van der Waals surface area (Å²) in [5.74, 6) is 0.890. The Labute approximate surface area is 213 Å². The summed E-state index contributed by atoms with van der Waals surface area (Å²) in [7, 11) is 0. The summed E-state index contributed by atoms with van der Waals surface area (Å²) < 4.78 is 0. The highest BCUT2D eigenvalue weighted by Gasteiger charge is 2.39. The lowest BCUT2D eigenvalue weighted by molar-refractivity contribution is 0.00233. The van der Waals surface area contributed by atoms with E-state index in [2.05, 4.69) is 65.0 Å². The fourth-order valence-corrected chi connectivity index (χ4v) is 6.90. The largest absolute Gasteiger partial charge is 0.363 e. The van der Waals surface area contributed by atoms with E-state index < -0.39 is 0 Å². The molecule has 6 heteroatoms. The third kappa shape index (κ3) is 4.66. The Balaban J connectivity index is 1.08. The molecule has 6 rings (SSSR count). The predicted octanol–water partition coefficient (Wildman–Crippen LogP) is 6.25. The topological polar surface area (TPSA) is 69.3 Å². The van der Waals surface area contributed by atoms with Crippen LogP contribution in [0.25, 0.3) is 10.9 Å². The molecular weight excluding hydrogens is 446 g/mol. The highest BCUT2D eigenvalue weighted by molar-refractivity contribution is 5.93. The van der Waals surface area contributed by atoms with E-state index in [9.17, 15) is 4.79 Å². The average Bonchev–Trinajstić information content (AvgIpc) is 3.26. The maximum Gasteiger partial charge on any atom is 0.319 e. The Hall–Kier alpha value is -3.12. The summed E-state index contributed by atoms with van der Waals surface area (Å²) in [6, 6.07) is 20.9. The van der Waals surface area contributed by atoms with Crippen molar-refractivity contribution in [2.75, 3.05) is 10.6 Å². The van der Waals surface area contributed by atoms with Crippen LogP contribution in [0.2, 0.25) is 0 Å². The molecule has 2 amide bonds. The van der Waals surface area contributed by atoms with Crippen LogP contribution in [-0.2, 0) is 6.42 Å². The fraction of sp³-hybridized carbons (Fsp3) is 0.467. The number of carbonyl (C=O) groups is 1. The number of nitrogens with zero attached hydrogens (tertiary/aromatic N) is 2. The molecule has 3 N–H and O–H groups in total. The van der Waals surface area contributed by atoms with Gasteiger partial charge in [0.15, 0.2) is 0 Å². The average molecular weight is 484 g/mol. The number of anilines is 2. The Morgan fingerprint density at radius 2 is 1.81 bits per heavy atom. The molecule has 188 valence electrons. The molecule has 1 aromatic heterocycles. The zero-order chi connectivity index (χ0) is 24.6. The number of hydrogen-bond acceptors (Lipinski definition) is 4. The molecule has 2 bridgehead atoms. The molecule has 3 atom stereocenters. The Morgan fingerprint density at radius 1 is 1.00 bits per heavy atom. The SMILES string of the molecule is CC(C)N1C2CCCC1CC(NC(=O)Nc1ccc3nc(N[C@@H]4CCc5ccccc54)ccc3c1)C2. The van der Waals surface area contributed by atoms with Crippen LogP contribution in [0, 0.1) is 0 Å². The van der Waals surface area contributed by atoms with E-state index in [1.807, 2.05) is 24.3 Å². The maximum atomic E-state index is 12.8. The first-order chi connectivity index (χ1) is 17.5. The van der Waals surface area contributed by atoms with Crippen molar-refractivity contribution in [3.8, 4) is 0 Å². The number of urea groups is 1. The third-order valence-corrected chi connectivity index (χ3v) is 8.36. The Bertz CT molecular complexity index is 1240. The van der Waals surface area contributed by atoms with Gasteiger partial charge >= 0.3 is 6.03 Å². The molecule has 3 heterocycles. The molecule has 2 unspecified atom stereocenters. The molecule has 3 aliphatic rings. The second kappa shape index (κ2) is 9.74. The molecule has 0 radical (unpaired) electrons. The van der Waals surface area contributed by atoms with Crippen molar-refractivity contribution < 1.29 is 4.79 Å². The van der Waals surface area contributed by atoms with Gasteiger partial charge in [-0.25, -0.2) is 9.78 Å². The van der Waals surface area contributed by atoms with Crippen molar-refractivity contribution in [2.24, 2.45) is 0 Å². The summed E-state index contributed by atoms with van der Waals surface area (Å²) in [6.07, 6.45) is 8.10. The van der Waals surface area contributed by atoms with Gasteiger partial charge < -0.3 is 16.0 Å². The van der Waals surface area contributed by atoms with Gasteiger partial charge in [0, 0.05) is 35.2 Å². The first-order valence-corrected chi connectivity index (χ1v) is 13.6. The fourth-order valence-electron chi connectivity index (χ4n) is 6.90. The van der Waals surface area contributed by atoms with Crippen LogP contribution in [0.1, 0.15) is 69.5 Å². The number of aryl methyl sites for hydroxylation is 1. The summed E-state index contributed by atoms with van der Waals surface area (Å²) in [5, 5.41) is 10.9. The molecular formula is C30H37N5O. The lowest BCUT2D eigenvalue weighted by Gasteiger charge is -2.51. The number of piperidine rings is 2. The van der Waals surface area contributed by atoms with E-state index >= 15 is 0 Å². The third-order valence-electron chi connectivity index (χ3n) is 8.36. The number of amides is 2. The lowest BCUT2D eigenvalue weighted by atomic mass is 9.81. The van der Waals surface area contributed by atoms with Gasteiger partial charge in [0.1, 0.15) is 5.82 Å². The van der Waals surface area contributed by atoms with Crippen molar-refractivity contribution in [3.63, 3.8) is 0 Å². The Morgan fingerprint density at radius 3 is 2.61 bits per heavy atom. The lowest BCUT2D eigenvalue weighted by Crippen LogP contribution is -2.59. The van der Waals surface area contributed by atoms with Crippen LogP contribution in [0.5, 0.6) is 0 Å². The van der Waals surface area contributed by atoms with E-state index in [1.165, 1.54) is 30.4 Å². The molecule has 2 aliphatic heterocycles. The van der Waals surface area contributed by atoms with Gasteiger partial charge in [0.2, 0.25) is 0 Å². The molecule has 2 aromatic carbocycles. The number of pyridine rings is 1. The van der Waals surface area contributed by atoms with Gasteiger partial charge in [0.05, 0.1) is 11.6 Å². The van der Waals surface area contributed by atoms with Crippen LogP contribution in [0.15, 0.2) is 54.6 Å². The zero-order valence-corrected chi connectivity index (χ0v) is 21.3. The van der Waals surface area contributed by atoms with Crippen molar-refractivity contribution >= 4 is 28.4 Å². The number of rotatable bonds is 5. The molecule has 36 heavy (non-hydrogen) atoms. The Kier molecular flexibility index (Phi) is 6.30. The monoisotopic (exact) mass is 483 g/mol. The first kappa shape index (κ1) is 23.3. The van der Waals surface area contributed by atoms with Gasteiger partial charge in [-0.3, -0.25) is 4.90 Å². The highest BCUT2D eigenvalue weighted by Crippen LogP contribution is 2.36. The molecule has 3 aromatic rings. The van der Waals surface area contributed by atoms with Crippen LogP contribution in [0.3, 0.4) is 0 Å². The number of aromatic nitrogens is 1. The van der Waals surface area contributed by atoms with Gasteiger partial charge in [-0.05, 0) is 93.8 Å². The van der Waals surface area contributed by atoms with Crippen LogP contribution < -0.4 is 16.0 Å². The van der Waals surface area contributed by atoms with Crippen molar-refractivity contribution in [3.05, 3.63) is 65.7 Å². The minimum absolute atomic E-state index is 0.110. The minimum Gasteiger partial charge on any atom is -0.363 e. The molecule has 2 saturated heterocycles. The summed E-state index contributed by atoms with van der Waals surface area (Å²) in [4.78, 5) is 20.4. The highest BCUT2D eigenvalue weighted by atomic mass is 16.2. The smallest absolute Gasteiger partial charge is 0.319 e. The van der Waals surface area contributed by atoms with E-state index in [4.69, 9.17) is 4.98 Å². The number of fused-ring (bicyclic) bond motifs is 4. The van der Waals surface area contributed by atoms with E-state index in [1.54, 1.807) is 0 Å². The van der Waals surface area contributed by atoms with Gasteiger partial charge in [-0.15, -0.1) is 0 Å².